The molecule has 0 spiro atoms. The van der Waals surface area contributed by atoms with Crippen molar-refractivity contribution in [2.24, 2.45) is 17.4 Å². The minimum absolute atomic E-state index is 0.257. The Morgan fingerprint density at radius 3 is 1.79 bits per heavy atom. The number of carbonyl (C=O) groups excluding carboxylic acids is 4. The fourth-order valence-electron chi connectivity index (χ4n) is 2.09. The third-order valence-corrected chi connectivity index (χ3v) is 3.92. The molecule has 0 aromatic heterocycles. The lowest BCUT2D eigenvalue weighted by Gasteiger charge is -2.26. The summed E-state index contributed by atoms with van der Waals surface area (Å²) in [6, 6.07) is -5.75. The number of carboxylic acids is 1. The van der Waals surface area contributed by atoms with Crippen LogP contribution in [0, 0.1) is 5.92 Å². The number of nitrogens with one attached hydrogen (secondary N) is 3. The number of amides is 4. The first-order valence-corrected chi connectivity index (χ1v) is 8.78. The van der Waals surface area contributed by atoms with Crippen LogP contribution < -0.4 is 27.4 Å². The number of aliphatic hydroxyl groups is 2. The van der Waals surface area contributed by atoms with E-state index in [1.807, 2.05) is 5.32 Å². The van der Waals surface area contributed by atoms with Crippen LogP contribution in [0.1, 0.15) is 27.2 Å². The quantitative estimate of drug-likeness (QED) is 0.153. The van der Waals surface area contributed by atoms with Gasteiger partial charge in [-0.15, -0.1) is 0 Å². The molecule has 5 atom stereocenters. The number of primary amides is 1. The zero-order valence-corrected chi connectivity index (χ0v) is 16.4. The van der Waals surface area contributed by atoms with Crippen molar-refractivity contribution in [3.05, 3.63) is 0 Å². The minimum Gasteiger partial charge on any atom is -0.480 e. The molecule has 0 aliphatic heterocycles. The maximum Gasteiger partial charge on any atom is 0.328 e. The van der Waals surface area contributed by atoms with E-state index in [0.717, 1.165) is 0 Å². The van der Waals surface area contributed by atoms with Gasteiger partial charge < -0.3 is 42.7 Å². The highest BCUT2D eigenvalue weighted by Crippen LogP contribution is 2.03. The summed E-state index contributed by atoms with van der Waals surface area (Å²) in [7, 11) is 0. The predicted molar refractivity (Wildman–Crippen MR) is 98.8 cm³/mol. The van der Waals surface area contributed by atoms with Gasteiger partial charge >= 0.3 is 5.97 Å². The van der Waals surface area contributed by atoms with Crippen molar-refractivity contribution in [2.45, 2.75) is 57.5 Å². The first kappa shape index (κ1) is 26.2. The zero-order valence-electron chi connectivity index (χ0n) is 16.4. The molecule has 13 heteroatoms. The van der Waals surface area contributed by atoms with E-state index < -0.39 is 72.9 Å². The van der Waals surface area contributed by atoms with E-state index in [1.165, 1.54) is 6.92 Å². The number of hydrogen-bond acceptors (Lipinski definition) is 8. The SMILES string of the molecule is CC(C)C(N)C(=O)NC(C(=O)NC(CC(N)=O)C(=O)NC(CO)C(=O)O)C(C)O. The van der Waals surface area contributed by atoms with Crippen LogP contribution in [0.5, 0.6) is 0 Å². The Hall–Kier alpha value is -2.77. The Balaban J connectivity index is 5.38. The van der Waals surface area contributed by atoms with Gasteiger partial charge in [-0.1, -0.05) is 13.8 Å². The summed E-state index contributed by atoms with van der Waals surface area (Å²) in [4.78, 5) is 58.9. The number of carboxylic acid groups (broad SMARTS) is 1. The average Bonchev–Trinajstić information content (AvgIpc) is 2.61. The second kappa shape index (κ2) is 11.9. The molecule has 0 aliphatic carbocycles. The standard InChI is InChI=1S/C16H29N5O8/c1-6(2)11(18)14(26)21-12(7(3)23)15(27)19-8(4-10(17)24)13(25)20-9(5-22)16(28)29/h6-9,11-12,22-23H,4-5,18H2,1-3H3,(H2,17,24)(H,19,27)(H,20,25)(H,21,26)(H,28,29). The van der Waals surface area contributed by atoms with Crippen molar-refractivity contribution in [2.75, 3.05) is 6.61 Å². The van der Waals surface area contributed by atoms with Crippen LogP contribution >= 0.6 is 0 Å². The van der Waals surface area contributed by atoms with E-state index in [4.69, 9.17) is 21.7 Å². The average molecular weight is 419 g/mol. The van der Waals surface area contributed by atoms with E-state index in [1.54, 1.807) is 13.8 Å². The predicted octanol–water partition coefficient (Wildman–Crippen LogP) is -4.24. The van der Waals surface area contributed by atoms with Gasteiger partial charge in [0.15, 0.2) is 0 Å². The van der Waals surface area contributed by atoms with Crippen LogP contribution in [0.25, 0.3) is 0 Å². The van der Waals surface area contributed by atoms with Gasteiger partial charge in [-0.25, -0.2) is 4.79 Å². The van der Waals surface area contributed by atoms with Gasteiger partial charge in [0.25, 0.3) is 0 Å². The summed E-state index contributed by atoms with van der Waals surface area (Å²) in [6.45, 7) is 3.63. The van der Waals surface area contributed by atoms with Crippen LogP contribution in [-0.4, -0.2) is 81.8 Å². The molecule has 0 aromatic rings. The van der Waals surface area contributed by atoms with Gasteiger partial charge in [-0.05, 0) is 12.8 Å². The van der Waals surface area contributed by atoms with Gasteiger partial charge in [-0.3, -0.25) is 19.2 Å². The highest BCUT2D eigenvalue weighted by atomic mass is 16.4. The largest absolute Gasteiger partial charge is 0.480 e. The molecule has 4 amide bonds. The summed E-state index contributed by atoms with van der Waals surface area (Å²) in [5, 5.41) is 34.0. The van der Waals surface area contributed by atoms with Crippen LogP contribution in [0.15, 0.2) is 0 Å². The lowest BCUT2D eigenvalue weighted by atomic mass is 10.0. The van der Waals surface area contributed by atoms with Crippen molar-refractivity contribution < 1.29 is 39.3 Å². The van der Waals surface area contributed by atoms with E-state index in [9.17, 15) is 29.1 Å². The summed E-state index contributed by atoms with van der Waals surface area (Å²) >= 11 is 0. The maximum atomic E-state index is 12.5. The van der Waals surface area contributed by atoms with Gasteiger partial charge in [0.2, 0.25) is 23.6 Å². The molecule has 0 radical (unpaired) electrons. The lowest BCUT2D eigenvalue weighted by molar-refractivity contribution is -0.143. The van der Waals surface area contributed by atoms with E-state index in [0.29, 0.717) is 0 Å². The molecule has 5 unspecified atom stereocenters. The number of hydrogen-bond donors (Lipinski definition) is 8. The molecule has 10 N–H and O–H groups in total. The fourth-order valence-corrected chi connectivity index (χ4v) is 2.09. The van der Waals surface area contributed by atoms with Gasteiger partial charge in [0, 0.05) is 0 Å². The molecular formula is C16H29N5O8. The Kier molecular flexibility index (Phi) is 10.8. The first-order chi connectivity index (χ1) is 13.3. The molecule has 0 aliphatic rings. The third kappa shape index (κ3) is 8.85. The molecule has 0 bridgehead atoms. The van der Waals surface area contributed by atoms with Crippen LogP contribution in [-0.2, 0) is 24.0 Å². The molecule has 0 saturated carbocycles. The number of aliphatic hydroxyl groups excluding tert-OH is 2. The van der Waals surface area contributed by atoms with Gasteiger partial charge in [0.05, 0.1) is 25.2 Å². The topological polar surface area (TPSA) is 234 Å². The molecule has 0 saturated heterocycles. The van der Waals surface area contributed by atoms with Crippen molar-refractivity contribution in [3.63, 3.8) is 0 Å². The molecule has 0 fully saturated rings. The number of aliphatic carboxylic acids is 1. The van der Waals surface area contributed by atoms with Crippen LogP contribution in [0.4, 0.5) is 0 Å². The molecule has 0 rings (SSSR count). The lowest BCUT2D eigenvalue weighted by Crippen LogP contribution is -2.60. The number of carbonyl (C=O) groups is 5. The summed E-state index contributed by atoms with van der Waals surface area (Å²) in [5.74, 6) is -5.63. The van der Waals surface area contributed by atoms with E-state index in [-0.39, 0.29) is 5.92 Å². The number of nitrogens with two attached hydrogens (primary N) is 2. The van der Waals surface area contributed by atoms with Crippen molar-refractivity contribution in [1.82, 2.24) is 16.0 Å². The Labute approximate surface area is 167 Å². The highest BCUT2D eigenvalue weighted by Gasteiger charge is 2.33. The second-order valence-electron chi connectivity index (χ2n) is 6.81. The van der Waals surface area contributed by atoms with Crippen molar-refractivity contribution in [3.8, 4) is 0 Å². The van der Waals surface area contributed by atoms with Crippen molar-refractivity contribution in [1.29, 1.82) is 0 Å². The molecule has 29 heavy (non-hydrogen) atoms. The second-order valence-corrected chi connectivity index (χ2v) is 6.81. The summed E-state index contributed by atoms with van der Waals surface area (Å²) in [6.07, 6.45) is -2.08. The monoisotopic (exact) mass is 419 g/mol. The summed E-state index contributed by atoms with van der Waals surface area (Å²) in [5.41, 5.74) is 10.7. The van der Waals surface area contributed by atoms with Gasteiger partial charge in [-0.2, -0.15) is 0 Å². The van der Waals surface area contributed by atoms with Crippen LogP contribution in [0.2, 0.25) is 0 Å². The molecule has 0 heterocycles. The van der Waals surface area contributed by atoms with E-state index >= 15 is 0 Å². The molecule has 0 aromatic carbocycles. The Morgan fingerprint density at radius 1 is 0.897 bits per heavy atom. The highest BCUT2D eigenvalue weighted by molar-refractivity contribution is 5.96. The fraction of sp³-hybridized carbons (Fsp3) is 0.688. The van der Waals surface area contributed by atoms with Crippen molar-refractivity contribution >= 4 is 29.6 Å². The smallest absolute Gasteiger partial charge is 0.328 e. The molecule has 13 nitrogen and oxygen atoms in total. The first-order valence-electron chi connectivity index (χ1n) is 8.78. The summed E-state index contributed by atoms with van der Waals surface area (Å²) < 4.78 is 0. The van der Waals surface area contributed by atoms with E-state index in [2.05, 4.69) is 10.6 Å². The van der Waals surface area contributed by atoms with Gasteiger partial charge in [0.1, 0.15) is 18.1 Å². The molecule has 166 valence electrons. The number of rotatable bonds is 12. The normalized spacial score (nSPS) is 16.1. The Morgan fingerprint density at radius 2 is 1.41 bits per heavy atom. The third-order valence-electron chi connectivity index (χ3n) is 3.92. The minimum atomic E-state index is -1.67. The Bertz CT molecular complexity index is 624. The maximum absolute atomic E-state index is 12.5. The molecular weight excluding hydrogens is 390 g/mol. The van der Waals surface area contributed by atoms with Crippen LogP contribution in [0.3, 0.4) is 0 Å². The zero-order chi connectivity index (χ0) is 22.9.